The molecule has 0 aromatic carbocycles. The monoisotopic (exact) mass is 233 g/mol. The first-order chi connectivity index (χ1) is 7.88. The van der Waals surface area contributed by atoms with Gasteiger partial charge < -0.3 is 5.32 Å². The van der Waals surface area contributed by atoms with E-state index in [4.69, 9.17) is 0 Å². The molecule has 0 atom stereocenters. The third kappa shape index (κ3) is 1.42. The van der Waals surface area contributed by atoms with Gasteiger partial charge in [0.1, 0.15) is 0 Å². The summed E-state index contributed by atoms with van der Waals surface area (Å²) in [5.74, 6) is 4.14. The average molecular weight is 233 g/mol. The molecule has 5 rings (SSSR count). The van der Waals surface area contributed by atoms with Crippen LogP contribution in [0.4, 0.5) is 5.69 Å². The highest BCUT2D eigenvalue weighted by Gasteiger charge is 2.48. The van der Waals surface area contributed by atoms with Gasteiger partial charge in [0.15, 0.2) is 0 Å². The second-order valence-corrected chi connectivity index (χ2v) is 6.89. The van der Waals surface area contributed by atoms with Gasteiger partial charge in [-0.15, -0.1) is 0 Å². The van der Waals surface area contributed by atoms with Gasteiger partial charge in [-0.3, -0.25) is 0 Å². The molecule has 1 N–H and O–H groups in total. The van der Waals surface area contributed by atoms with Crippen LogP contribution in [0.5, 0.6) is 0 Å². The third-order valence-electron chi connectivity index (χ3n) is 5.08. The van der Waals surface area contributed by atoms with E-state index >= 15 is 0 Å². The van der Waals surface area contributed by atoms with E-state index in [2.05, 4.69) is 22.1 Å². The smallest absolute Gasteiger partial charge is 0.0451 e. The van der Waals surface area contributed by atoms with Crippen molar-refractivity contribution in [2.24, 2.45) is 23.7 Å². The molecule has 16 heavy (non-hydrogen) atoms. The molecular formula is C14H19NS. The van der Waals surface area contributed by atoms with Gasteiger partial charge >= 0.3 is 0 Å². The molecule has 0 saturated heterocycles. The molecule has 1 aromatic rings. The number of rotatable bonds is 2. The van der Waals surface area contributed by atoms with Crippen molar-refractivity contribution in [1.29, 1.82) is 0 Å². The van der Waals surface area contributed by atoms with Crippen LogP contribution in [0.2, 0.25) is 0 Å². The molecule has 4 bridgehead atoms. The van der Waals surface area contributed by atoms with E-state index in [-0.39, 0.29) is 0 Å². The van der Waals surface area contributed by atoms with Gasteiger partial charge in [0.2, 0.25) is 0 Å². The third-order valence-corrected chi connectivity index (χ3v) is 5.76. The van der Waals surface area contributed by atoms with Gasteiger partial charge in [0.05, 0.1) is 0 Å². The average Bonchev–Trinajstić information content (AvgIpc) is 2.75. The molecule has 4 saturated carbocycles. The van der Waals surface area contributed by atoms with Crippen LogP contribution in [-0.4, -0.2) is 6.04 Å². The van der Waals surface area contributed by atoms with E-state index in [0.717, 1.165) is 29.7 Å². The number of hydrogen-bond donors (Lipinski definition) is 1. The minimum atomic E-state index is 0.794. The summed E-state index contributed by atoms with van der Waals surface area (Å²) in [7, 11) is 0. The maximum atomic E-state index is 3.81. The van der Waals surface area contributed by atoms with Crippen molar-refractivity contribution in [3.05, 3.63) is 16.8 Å². The summed E-state index contributed by atoms with van der Waals surface area (Å²) in [4.78, 5) is 0. The second kappa shape index (κ2) is 3.49. The molecule has 1 nitrogen and oxygen atoms in total. The van der Waals surface area contributed by atoms with Crippen molar-refractivity contribution in [2.45, 2.75) is 38.1 Å². The van der Waals surface area contributed by atoms with E-state index in [1.807, 2.05) is 0 Å². The summed E-state index contributed by atoms with van der Waals surface area (Å²) in [5, 5.41) is 8.25. The lowest BCUT2D eigenvalue weighted by atomic mass is 9.54. The molecule has 1 aromatic heterocycles. The minimum absolute atomic E-state index is 0.794. The van der Waals surface area contributed by atoms with Gasteiger partial charge in [0.25, 0.3) is 0 Å². The Morgan fingerprint density at radius 1 is 1.00 bits per heavy atom. The normalized spacial score (nSPS) is 44.9. The Morgan fingerprint density at radius 2 is 1.69 bits per heavy atom. The summed E-state index contributed by atoms with van der Waals surface area (Å²) in [6, 6.07) is 3.03. The highest BCUT2D eigenvalue weighted by Crippen LogP contribution is 2.54. The summed E-state index contributed by atoms with van der Waals surface area (Å²) in [6.45, 7) is 0. The van der Waals surface area contributed by atoms with Crippen LogP contribution in [0, 0.1) is 23.7 Å². The van der Waals surface area contributed by atoms with Crippen molar-refractivity contribution >= 4 is 17.0 Å². The fourth-order valence-corrected chi connectivity index (χ4v) is 5.30. The molecule has 4 fully saturated rings. The van der Waals surface area contributed by atoms with Gasteiger partial charge in [-0.25, -0.2) is 0 Å². The molecular weight excluding hydrogens is 214 g/mol. The van der Waals surface area contributed by atoms with E-state index in [0.29, 0.717) is 0 Å². The highest BCUT2D eigenvalue weighted by molar-refractivity contribution is 7.08. The molecule has 0 unspecified atom stereocenters. The maximum absolute atomic E-state index is 3.81. The van der Waals surface area contributed by atoms with Crippen molar-refractivity contribution in [1.82, 2.24) is 0 Å². The predicted octanol–water partition coefficient (Wildman–Crippen LogP) is 3.98. The quantitative estimate of drug-likeness (QED) is 0.814. The number of nitrogens with one attached hydrogen (secondary N) is 1. The van der Waals surface area contributed by atoms with E-state index < -0.39 is 0 Å². The Balaban J connectivity index is 1.56. The largest absolute Gasteiger partial charge is 0.381 e. The predicted molar refractivity (Wildman–Crippen MR) is 68.8 cm³/mol. The Bertz CT molecular complexity index is 342. The summed E-state index contributed by atoms with van der Waals surface area (Å²) >= 11 is 1.80. The molecule has 2 heteroatoms. The molecule has 0 radical (unpaired) electrons. The Hall–Kier alpha value is -0.500. The minimum Gasteiger partial charge on any atom is -0.381 e. The van der Waals surface area contributed by atoms with Gasteiger partial charge in [-0.1, -0.05) is 0 Å². The fourth-order valence-electron chi connectivity index (χ4n) is 4.70. The summed E-state index contributed by atoms with van der Waals surface area (Å²) in [5.41, 5.74) is 1.36. The van der Waals surface area contributed by atoms with Crippen LogP contribution in [-0.2, 0) is 0 Å². The molecule has 0 amide bonds. The highest BCUT2D eigenvalue weighted by atomic mass is 32.1. The lowest BCUT2D eigenvalue weighted by molar-refractivity contribution is 0.00755. The maximum Gasteiger partial charge on any atom is 0.0451 e. The number of hydrogen-bond acceptors (Lipinski definition) is 2. The van der Waals surface area contributed by atoms with Crippen LogP contribution >= 0.6 is 11.3 Å². The van der Waals surface area contributed by atoms with Crippen LogP contribution in [0.1, 0.15) is 32.1 Å². The zero-order valence-corrected chi connectivity index (χ0v) is 10.4. The van der Waals surface area contributed by atoms with Gasteiger partial charge in [-0.05, 0) is 67.2 Å². The van der Waals surface area contributed by atoms with Crippen molar-refractivity contribution in [2.75, 3.05) is 5.32 Å². The van der Waals surface area contributed by atoms with E-state index in [9.17, 15) is 0 Å². The Kier molecular flexibility index (Phi) is 2.08. The molecule has 4 aliphatic carbocycles. The first-order valence-electron chi connectivity index (χ1n) is 6.67. The first kappa shape index (κ1) is 9.52. The summed E-state index contributed by atoms with van der Waals surface area (Å²) < 4.78 is 0. The lowest BCUT2D eigenvalue weighted by Gasteiger charge is -2.54. The standard InChI is InChI=1S/C14H19NS/c1-2-16-8-13(1)15-14-11-4-9-3-10(6-11)7-12(14)5-9/h1-2,8-12,14-15H,3-7H2. The van der Waals surface area contributed by atoms with Crippen molar-refractivity contribution < 1.29 is 0 Å². The molecule has 1 heterocycles. The van der Waals surface area contributed by atoms with Gasteiger partial charge in [-0.2, -0.15) is 11.3 Å². The fraction of sp³-hybridized carbons (Fsp3) is 0.714. The van der Waals surface area contributed by atoms with Crippen molar-refractivity contribution in [3.8, 4) is 0 Å². The number of anilines is 1. The number of thiophene rings is 1. The van der Waals surface area contributed by atoms with Gasteiger partial charge in [0, 0.05) is 17.1 Å². The molecule has 0 spiro atoms. The Morgan fingerprint density at radius 3 is 2.25 bits per heavy atom. The topological polar surface area (TPSA) is 12.0 Å². The molecule has 0 aliphatic heterocycles. The van der Waals surface area contributed by atoms with E-state index in [1.54, 1.807) is 17.8 Å². The SMILES string of the molecule is c1cc(NC2C3CC4CC(C3)CC2C4)cs1. The lowest BCUT2D eigenvalue weighted by Crippen LogP contribution is -2.51. The molecule has 86 valence electrons. The second-order valence-electron chi connectivity index (χ2n) is 6.11. The zero-order chi connectivity index (χ0) is 10.5. The van der Waals surface area contributed by atoms with Crippen LogP contribution in [0.3, 0.4) is 0 Å². The van der Waals surface area contributed by atoms with Crippen molar-refractivity contribution in [3.63, 3.8) is 0 Å². The zero-order valence-electron chi connectivity index (χ0n) is 9.56. The molecule has 4 aliphatic rings. The van der Waals surface area contributed by atoms with Crippen LogP contribution in [0.25, 0.3) is 0 Å². The van der Waals surface area contributed by atoms with E-state index in [1.165, 1.54) is 31.4 Å². The summed E-state index contributed by atoms with van der Waals surface area (Å²) in [6.07, 6.45) is 7.59. The van der Waals surface area contributed by atoms with Crippen LogP contribution < -0.4 is 5.32 Å². The van der Waals surface area contributed by atoms with Crippen LogP contribution in [0.15, 0.2) is 16.8 Å². The Labute approximate surface area is 101 Å². The first-order valence-corrected chi connectivity index (χ1v) is 7.61.